The van der Waals surface area contributed by atoms with Crippen molar-refractivity contribution in [3.05, 3.63) is 59.2 Å². The number of sulfonamides is 1. The number of carbonyl (C=O) groups excluding carboxylic acids is 2. The van der Waals surface area contributed by atoms with Crippen molar-refractivity contribution >= 4 is 21.7 Å². The number of nitrogens with zero attached hydrogens (tertiary/aromatic N) is 2. The molecular weight excluding hydrogens is 452 g/mol. The highest BCUT2D eigenvalue weighted by atomic mass is 32.2. The number of hydrogen-bond acceptors (Lipinski definition) is 5. The van der Waals surface area contributed by atoms with Gasteiger partial charge < -0.3 is 9.64 Å². The van der Waals surface area contributed by atoms with Gasteiger partial charge >= 0.3 is 0 Å². The van der Waals surface area contributed by atoms with Gasteiger partial charge in [-0.2, -0.15) is 4.31 Å². The fourth-order valence-electron chi connectivity index (χ4n) is 4.55. The van der Waals surface area contributed by atoms with Crippen LogP contribution in [0.2, 0.25) is 0 Å². The van der Waals surface area contributed by atoms with Crippen LogP contribution in [0.4, 0.5) is 0 Å². The topological polar surface area (TPSA) is 84.0 Å². The van der Waals surface area contributed by atoms with E-state index in [1.165, 1.54) is 16.8 Å². The molecule has 0 spiro atoms. The van der Waals surface area contributed by atoms with Gasteiger partial charge in [0.2, 0.25) is 15.9 Å². The minimum atomic E-state index is -3.55. The Labute approximate surface area is 201 Å². The SMILES string of the molecule is CC(=O)c1ccc(OCCCC(=O)N2CCN(S(=O)(=O)c3ccc4c(c3)CCCC4)CC2)cc1. The molecule has 182 valence electrons. The molecule has 2 aliphatic rings. The van der Waals surface area contributed by atoms with E-state index in [0.717, 1.165) is 31.2 Å². The zero-order chi connectivity index (χ0) is 24.1. The highest BCUT2D eigenvalue weighted by Gasteiger charge is 2.30. The van der Waals surface area contributed by atoms with Gasteiger partial charge in [-0.05, 0) is 86.6 Å². The Morgan fingerprint density at radius 2 is 1.59 bits per heavy atom. The number of carbonyl (C=O) groups is 2. The summed E-state index contributed by atoms with van der Waals surface area (Å²) < 4.78 is 33.4. The lowest BCUT2D eigenvalue weighted by molar-refractivity contribution is -0.132. The van der Waals surface area contributed by atoms with Gasteiger partial charge in [0.05, 0.1) is 11.5 Å². The fraction of sp³-hybridized carbons (Fsp3) is 0.462. The van der Waals surface area contributed by atoms with Gasteiger partial charge in [0, 0.05) is 38.2 Å². The molecule has 4 rings (SSSR count). The summed E-state index contributed by atoms with van der Waals surface area (Å²) >= 11 is 0. The molecule has 0 N–H and O–H groups in total. The number of amides is 1. The predicted octanol–water partition coefficient (Wildman–Crippen LogP) is 3.46. The lowest BCUT2D eigenvalue weighted by atomic mass is 9.92. The minimum Gasteiger partial charge on any atom is -0.494 e. The van der Waals surface area contributed by atoms with E-state index in [2.05, 4.69) is 0 Å². The van der Waals surface area contributed by atoms with Crippen LogP contribution in [0.3, 0.4) is 0 Å². The molecule has 34 heavy (non-hydrogen) atoms. The van der Waals surface area contributed by atoms with Gasteiger partial charge in [-0.25, -0.2) is 8.42 Å². The maximum absolute atomic E-state index is 13.1. The van der Waals surface area contributed by atoms with Crippen molar-refractivity contribution < 1.29 is 22.7 Å². The van der Waals surface area contributed by atoms with E-state index in [0.29, 0.717) is 61.8 Å². The molecule has 0 atom stereocenters. The average molecular weight is 485 g/mol. The summed E-state index contributed by atoms with van der Waals surface area (Å²) in [5, 5.41) is 0. The van der Waals surface area contributed by atoms with Crippen molar-refractivity contribution in [3.8, 4) is 5.75 Å². The van der Waals surface area contributed by atoms with Crippen molar-refractivity contribution in [1.29, 1.82) is 0 Å². The van der Waals surface area contributed by atoms with Crippen LogP contribution in [0.5, 0.6) is 5.75 Å². The normalized spacial score (nSPS) is 16.7. The number of piperazine rings is 1. The number of hydrogen-bond donors (Lipinski definition) is 0. The number of benzene rings is 2. The Bertz CT molecular complexity index is 1140. The Morgan fingerprint density at radius 1 is 0.912 bits per heavy atom. The van der Waals surface area contributed by atoms with E-state index in [9.17, 15) is 18.0 Å². The second-order valence-electron chi connectivity index (χ2n) is 8.96. The molecule has 1 heterocycles. The molecule has 0 unspecified atom stereocenters. The third-order valence-electron chi connectivity index (χ3n) is 6.61. The molecule has 2 aromatic carbocycles. The molecule has 0 bridgehead atoms. The number of rotatable bonds is 8. The smallest absolute Gasteiger partial charge is 0.243 e. The van der Waals surface area contributed by atoms with Crippen LogP contribution in [-0.4, -0.2) is 62.1 Å². The van der Waals surface area contributed by atoms with Gasteiger partial charge in [-0.15, -0.1) is 0 Å². The number of Topliss-reactive ketones (excluding diaryl/α,β-unsaturated/α-hetero) is 1. The van der Waals surface area contributed by atoms with Crippen molar-refractivity contribution in [2.45, 2.75) is 50.3 Å². The quantitative estimate of drug-likeness (QED) is 0.423. The van der Waals surface area contributed by atoms with E-state index in [-0.39, 0.29) is 11.7 Å². The first kappa shape index (κ1) is 24.4. The number of ether oxygens (including phenoxy) is 1. The van der Waals surface area contributed by atoms with E-state index >= 15 is 0 Å². The van der Waals surface area contributed by atoms with E-state index < -0.39 is 10.0 Å². The molecule has 7 nitrogen and oxygen atoms in total. The minimum absolute atomic E-state index is 0.00716. The first-order valence-corrected chi connectivity index (χ1v) is 13.4. The number of fused-ring (bicyclic) bond motifs is 1. The molecule has 2 aromatic rings. The molecule has 1 aliphatic carbocycles. The van der Waals surface area contributed by atoms with Gasteiger partial charge in [-0.3, -0.25) is 9.59 Å². The summed E-state index contributed by atoms with van der Waals surface area (Å²) in [5.41, 5.74) is 3.05. The molecular formula is C26H32N2O5S. The Hall–Kier alpha value is -2.71. The summed E-state index contributed by atoms with van der Waals surface area (Å²) in [6, 6.07) is 12.5. The summed E-state index contributed by atoms with van der Waals surface area (Å²) in [6.07, 6.45) is 5.15. The lowest BCUT2D eigenvalue weighted by Crippen LogP contribution is -2.50. The van der Waals surface area contributed by atoms with Crippen LogP contribution >= 0.6 is 0 Å². The molecule has 1 aliphatic heterocycles. The molecule has 1 fully saturated rings. The largest absolute Gasteiger partial charge is 0.494 e. The van der Waals surface area contributed by atoms with Gasteiger partial charge in [-0.1, -0.05) is 6.07 Å². The summed E-state index contributed by atoms with van der Waals surface area (Å²) in [4.78, 5) is 26.0. The first-order chi connectivity index (χ1) is 16.3. The standard InChI is InChI=1S/C26H32N2O5S/c1-20(29)21-8-11-24(12-9-21)33-18-4-7-26(30)27-14-16-28(17-15-27)34(31,32)25-13-10-22-5-2-3-6-23(22)19-25/h8-13,19H,2-7,14-18H2,1H3. The van der Waals surface area contributed by atoms with Crippen LogP contribution in [0, 0.1) is 0 Å². The van der Waals surface area contributed by atoms with Gasteiger partial charge in [0.15, 0.2) is 5.78 Å². The van der Waals surface area contributed by atoms with Crippen molar-refractivity contribution in [2.24, 2.45) is 0 Å². The van der Waals surface area contributed by atoms with Crippen LogP contribution in [0.15, 0.2) is 47.4 Å². The van der Waals surface area contributed by atoms with Gasteiger partial charge in [0.25, 0.3) is 0 Å². The number of ketones is 1. The zero-order valence-electron chi connectivity index (χ0n) is 19.7. The second kappa shape index (κ2) is 10.7. The predicted molar refractivity (Wildman–Crippen MR) is 130 cm³/mol. The molecule has 0 aromatic heterocycles. The zero-order valence-corrected chi connectivity index (χ0v) is 20.5. The van der Waals surface area contributed by atoms with Crippen molar-refractivity contribution in [3.63, 3.8) is 0 Å². The van der Waals surface area contributed by atoms with E-state index in [1.54, 1.807) is 35.2 Å². The first-order valence-electron chi connectivity index (χ1n) is 12.0. The Morgan fingerprint density at radius 3 is 2.26 bits per heavy atom. The fourth-order valence-corrected chi connectivity index (χ4v) is 6.03. The van der Waals surface area contributed by atoms with Gasteiger partial charge in [0.1, 0.15) is 5.75 Å². The van der Waals surface area contributed by atoms with Crippen LogP contribution < -0.4 is 4.74 Å². The van der Waals surface area contributed by atoms with Crippen LogP contribution in [0.1, 0.15) is 54.1 Å². The average Bonchev–Trinajstić information content (AvgIpc) is 2.86. The van der Waals surface area contributed by atoms with E-state index in [4.69, 9.17) is 4.74 Å². The van der Waals surface area contributed by atoms with E-state index in [1.807, 2.05) is 12.1 Å². The second-order valence-corrected chi connectivity index (χ2v) is 10.9. The summed E-state index contributed by atoms with van der Waals surface area (Å²) in [5.74, 6) is 0.688. The summed E-state index contributed by atoms with van der Waals surface area (Å²) in [6.45, 7) is 3.34. The molecule has 0 radical (unpaired) electrons. The third kappa shape index (κ3) is 5.67. The maximum atomic E-state index is 13.1. The highest BCUT2D eigenvalue weighted by molar-refractivity contribution is 7.89. The van der Waals surface area contributed by atoms with Crippen molar-refractivity contribution in [1.82, 2.24) is 9.21 Å². The Kier molecular flexibility index (Phi) is 7.68. The Balaban J connectivity index is 1.23. The van der Waals surface area contributed by atoms with Crippen molar-refractivity contribution in [2.75, 3.05) is 32.8 Å². The maximum Gasteiger partial charge on any atom is 0.243 e. The molecule has 0 saturated carbocycles. The molecule has 1 amide bonds. The van der Waals surface area contributed by atoms with Crippen LogP contribution in [0.25, 0.3) is 0 Å². The molecule has 1 saturated heterocycles. The van der Waals surface area contributed by atoms with Crippen LogP contribution in [-0.2, 0) is 27.7 Å². The highest BCUT2D eigenvalue weighted by Crippen LogP contribution is 2.26. The lowest BCUT2D eigenvalue weighted by Gasteiger charge is -2.34. The summed E-state index contributed by atoms with van der Waals surface area (Å²) in [7, 11) is -3.55. The molecule has 8 heteroatoms. The number of aryl methyl sites for hydroxylation is 2. The third-order valence-corrected chi connectivity index (χ3v) is 8.51. The monoisotopic (exact) mass is 484 g/mol.